The Bertz CT molecular complexity index is 344. The molecule has 2 radical (unpaired) electrons. The Kier molecular flexibility index (Phi) is 8.85. The SMILES string of the molecule is Cc1c(C)c(C)c([C-]=O)c(O)c1C.[Y].[Y]. The first-order valence-electron chi connectivity index (χ1n) is 4.18. The maximum absolute atomic E-state index is 10.6. The van der Waals surface area contributed by atoms with Crippen LogP contribution in [0.3, 0.4) is 0 Å². The van der Waals surface area contributed by atoms with Gasteiger partial charge in [0, 0.05) is 71.2 Å². The van der Waals surface area contributed by atoms with Crippen molar-refractivity contribution in [2.24, 2.45) is 0 Å². The van der Waals surface area contributed by atoms with E-state index in [4.69, 9.17) is 0 Å². The summed E-state index contributed by atoms with van der Waals surface area (Å²) in [5.41, 5.74) is 3.96. The average Bonchev–Trinajstić information content (AvgIpc) is 2.13. The normalized spacial score (nSPS) is 8.80. The van der Waals surface area contributed by atoms with Crippen LogP contribution in [0.1, 0.15) is 27.8 Å². The van der Waals surface area contributed by atoms with E-state index in [1.54, 1.807) is 13.2 Å². The Morgan fingerprint density at radius 3 is 1.67 bits per heavy atom. The van der Waals surface area contributed by atoms with Crippen molar-refractivity contribution in [3.8, 4) is 5.75 Å². The maximum atomic E-state index is 10.6. The van der Waals surface area contributed by atoms with Crippen molar-refractivity contribution in [2.75, 3.05) is 0 Å². The molecule has 76 valence electrons. The Morgan fingerprint density at radius 2 is 1.27 bits per heavy atom. The van der Waals surface area contributed by atoms with Crippen LogP contribution >= 0.6 is 0 Å². The summed E-state index contributed by atoms with van der Waals surface area (Å²) in [6, 6.07) is 0. The number of benzene rings is 1. The van der Waals surface area contributed by atoms with Crippen molar-refractivity contribution in [3.63, 3.8) is 0 Å². The van der Waals surface area contributed by atoms with E-state index in [1.807, 2.05) is 20.8 Å². The van der Waals surface area contributed by atoms with E-state index in [1.165, 1.54) is 0 Å². The molecule has 1 N–H and O–H groups in total. The second kappa shape index (κ2) is 7.27. The molecule has 1 aromatic rings. The van der Waals surface area contributed by atoms with Gasteiger partial charge in [-0.2, -0.15) is 0 Å². The van der Waals surface area contributed by atoms with Gasteiger partial charge in [-0.05, 0) is 13.8 Å². The summed E-state index contributed by atoms with van der Waals surface area (Å²) < 4.78 is 0. The zero-order valence-corrected chi connectivity index (χ0v) is 15.2. The van der Waals surface area contributed by atoms with E-state index in [0.29, 0.717) is 5.56 Å². The Hall–Kier alpha value is 0.898. The summed E-state index contributed by atoms with van der Waals surface area (Å²) in [7, 11) is 0. The molecule has 0 amide bonds. The number of hydrogen-bond donors (Lipinski definition) is 1. The second-order valence-corrected chi connectivity index (χ2v) is 3.33. The largest absolute Gasteiger partial charge is 0.565 e. The molecular formula is C11H13O2Y2-. The summed E-state index contributed by atoms with van der Waals surface area (Å²) in [5.74, 6) is 0.0654. The Balaban J connectivity index is 0. The number of hydrogen-bond acceptors (Lipinski definition) is 2. The molecule has 0 unspecified atom stereocenters. The molecule has 1 rings (SSSR count). The summed E-state index contributed by atoms with van der Waals surface area (Å²) in [6.45, 7) is 7.50. The molecule has 0 fully saturated rings. The van der Waals surface area contributed by atoms with Crippen molar-refractivity contribution >= 4 is 6.29 Å². The van der Waals surface area contributed by atoms with Gasteiger partial charge < -0.3 is 9.90 Å². The second-order valence-electron chi connectivity index (χ2n) is 3.33. The van der Waals surface area contributed by atoms with Gasteiger partial charge in [0.2, 0.25) is 0 Å². The summed E-state index contributed by atoms with van der Waals surface area (Å²) in [4.78, 5) is 10.6. The van der Waals surface area contributed by atoms with Crippen molar-refractivity contribution in [3.05, 3.63) is 27.8 Å². The fourth-order valence-electron chi connectivity index (χ4n) is 1.42. The summed E-state index contributed by atoms with van der Waals surface area (Å²) in [6.07, 6.45) is 1.77. The van der Waals surface area contributed by atoms with Gasteiger partial charge >= 0.3 is 0 Å². The first kappa shape index (κ1) is 18.3. The third-order valence-electron chi connectivity index (χ3n) is 2.76. The number of phenolic OH excluding ortho intramolecular Hbond substituents is 1. The Labute approximate surface area is 141 Å². The molecule has 2 nitrogen and oxygen atoms in total. The molecule has 0 aliphatic carbocycles. The molecule has 1 aromatic carbocycles. The third-order valence-corrected chi connectivity index (χ3v) is 2.76. The third kappa shape index (κ3) is 3.43. The quantitative estimate of drug-likeness (QED) is 0.784. The molecule has 0 heterocycles. The zero-order chi connectivity index (χ0) is 10.2. The summed E-state index contributed by atoms with van der Waals surface area (Å²) >= 11 is 0. The molecule has 4 heteroatoms. The molecule has 15 heavy (non-hydrogen) atoms. The molecule has 0 spiro atoms. The van der Waals surface area contributed by atoms with Gasteiger partial charge in [0.1, 0.15) is 0 Å². The minimum Gasteiger partial charge on any atom is -0.565 e. The molecule has 0 aliphatic heterocycles. The smallest absolute Gasteiger partial charge is 0.0665 e. The molecular weight excluding hydrogens is 342 g/mol. The van der Waals surface area contributed by atoms with Crippen molar-refractivity contribution in [1.29, 1.82) is 0 Å². The van der Waals surface area contributed by atoms with Crippen LogP contribution < -0.4 is 0 Å². The van der Waals surface area contributed by atoms with E-state index >= 15 is 0 Å². The van der Waals surface area contributed by atoms with E-state index in [9.17, 15) is 9.90 Å². The first-order valence-corrected chi connectivity index (χ1v) is 4.18. The molecule has 0 atom stereocenters. The number of rotatable bonds is 1. The first-order chi connectivity index (χ1) is 6.00. The number of aromatic hydroxyl groups is 1. The number of carbonyl (C=O) groups excluding carboxylic acids is 1. The van der Waals surface area contributed by atoms with Crippen LogP contribution in [0.15, 0.2) is 0 Å². The van der Waals surface area contributed by atoms with Gasteiger partial charge in [-0.3, -0.25) is 0 Å². The van der Waals surface area contributed by atoms with E-state index in [2.05, 4.69) is 0 Å². The fourth-order valence-corrected chi connectivity index (χ4v) is 1.42. The van der Waals surface area contributed by atoms with Crippen LogP contribution in [-0.2, 0) is 70.2 Å². The van der Waals surface area contributed by atoms with Crippen LogP contribution in [0.25, 0.3) is 0 Å². The molecule has 0 bridgehead atoms. The Morgan fingerprint density at radius 1 is 0.867 bits per heavy atom. The topological polar surface area (TPSA) is 37.3 Å². The van der Waals surface area contributed by atoms with Gasteiger partial charge in [0.05, 0.1) is 6.29 Å². The average molecular weight is 355 g/mol. The summed E-state index contributed by atoms with van der Waals surface area (Å²) in [5, 5.41) is 9.62. The molecule has 0 saturated heterocycles. The van der Waals surface area contributed by atoms with Crippen LogP contribution in [0, 0.1) is 27.7 Å². The van der Waals surface area contributed by atoms with Gasteiger partial charge in [-0.15, -0.1) is 16.7 Å². The van der Waals surface area contributed by atoms with Gasteiger partial charge in [0.15, 0.2) is 0 Å². The maximum Gasteiger partial charge on any atom is 0.0665 e. The minimum atomic E-state index is 0. The van der Waals surface area contributed by atoms with Crippen LogP contribution in [0.5, 0.6) is 5.75 Å². The van der Waals surface area contributed by atoms with Crippen molar-refractivity contribution in [2.45, 2.75) is 27.7 Å². The predicted molar refractivity (Wildman–Crippen MR) is 51.9 cm³/mol. The van der Waals surface area contributed by atoms with E-state index in [-0.39, 0.29) is 71.2 Å². The van der Waals surface area contributed by atoms with E-state index < -0.39 is 0 Å². The van der Waals surface area contributed by atoms with Crippen LogP contribution in [0.4, 0.5) is 0 Å². The molecule has 0 aliphatic rings. The predicted octanol–water partition coefficient (Wildman–Crippen LogP) is 2.08. The zero-order valence-electron chi connectivity index (χ0n) is 9.51. The van der Waals surface area contributed by atoms with Gasteiger partial charge in [-0.1, -0.05) is 25.0 Å². The minimum absolute atomic E-state index is 0. The molecule has 0 aromatic heterocycles. The molecule has 0 saturated carbocycles. The van der Waals surface area contributed by atoms with Crippen LogP contribution in [-0.4, -0.2) is 11.4 Å². The van der Waals surface area contributed by atoms with Gasteiger partial charge in [0.25, 0.3) is 0 Å². The number of phenols is 1. The van der Waals surface area contributed by atoms with Crippen molar-refractivity contribution in [1.82, 2.24) is 0 Å². The monoisotopic (exact) mass is 355 g/mol. The van der Waals surface area contributed by atoms with E-state index in [0.717, 1.165) is 22.3 Å². The van der Waals surface area contributed by atoms with Crippen molar-refractivity contribution < 1.29 is 75.3 Å². The van der Waals surface area contributed by atoms with Gasteiger partial charge in [-0.25, -0.2) is 0 Å². The standard InChI is InChI=1S/C11H13O2.2Y/c1-6-7(2)9(4)11(13)10(5-12)8(6)3;;/h13H,1-4H3;;/q-1;;. The van der Waals surface area contributed by atoms with Crippen LogP contribution in [0.2, 0.25) is 0 Å². The fraction of sp³-hybridized carbons (Fsp3) is 0.364.